The molecule has 0 radical (unpaired) electrons. The van der Waals surface area contributed by atoms with Crippen LogP contribution in [0, 0.1) is 3.57 Å². The molecule has 5 heteroatoms. The Labute approximate surface area is 122 Å². The van der Waals surface area contributed by atoms with E-state index in [1.54, 1.807) is 0 Å². The van der Waals surface area contributed by atoms with Crippen molar-refractivity contribution in [2.45, 2.75) is 26.8 Å². The first-order chi connectivity index (χ1) is 8.49. The molecular weight excluding hydrogens is 341 g/mol. The third-order valence-electron chi connectivity index (χ3n) is 2.81. The number of hydrogen-bond donors (Lipinski definition) is 2. The first-order valence-corrected chi connectivity index (χ1v) is 7.17. The lowest BCUT2D eigenvalue weighted by Gasteiger charge is -2.24. The Morgan fingerprint density at radius 3 is 2.56 bits per heavy atom. The van der Waals surface area contributed by atoms with Gasteiger partial charge in [0.2, 0.25) is 5.91 Å². The number of anilines is 2. The topological polar surface area (TPSA) is 58.4 Å². The number of halogens is 1. The molecule has 1 aromatic carbocycles. The summed E-state index contributed by atoms with van der Waals surface area (Å²) in [6.07, 6.45) is 0. The summed E-state index contributed by atoms with van der Waals surface area (Å²) in [6.45, 7) is 7.33. The highest BCUT2D eigenvalue weighted by Gasteiger charge is 2.18. The third kappa shape index (κ3) is 3.76. The number of carbonyl (C=O) groups excluding carboxylic acids is 1. The first-order valence-electron chi connectivity index (χ1n) is 6.09. The summed E-state index contributed by atoms with van der Waals surface area (Å²) < 4.78 is 1.02. The quantitative estimate of drug-likeness (QED) is 0.626. The van der Waals surface area contributed by atoms with Gasteiger partial charge in [-0.25, -0.2) is 0 Å². The van der Waals surface area contributed by atoms with Gasteiger partial charge in [0.15, 0.2) is 0 Å². The maximum atomic E-state index is 12.1. The fourth-order valence-electron chi connectivity index (χ4n) is 1.75. The van der Waals surface area contributed by atoms with Crippen molar-refractivity contribution in [3.8, 4) is 0 Å². The average Bonchev–Trinajstić information content (AvgIpc) is 2.34. The minimum absolute atomic E-state index is 0.118. The fraction of sp³-hybridized carbons (Fsp3) is 0.462. The van der Waals surface area contributed by atoms with E-state index in [0.717, 1.165) is 28.0 Å². The predicted octanol–water partition coefficient (Wildman–Crippen LogP) is 2.54. The van der Waals surface area contributed by atoms with Crippen molar-refractivity contribution in [2.75, 3.05) is 24.1 Å². The molecule has 0 spiro atoms. The van der Waals surface area contributed by atoms with Gasteiger partial charge in [-0.3, -0.25) is 4.79 Å². The minimum Gasteiger partial charge on any atom is -0.399 e. The number of likely N-dealkylation sites (N-methyl/N-ethyl adjacent to an activating group) is 1. The van der Waals surface area contributed by atoms with Gasteiger partial charge in [-0.1, -0.05) is 0 Å². The van der Waals surface area contributed by atoms with E-state index in [-0.39, 0.29) is 11.9 Å². The van der Waals surface area contributed by atoms with E-state index in [2.05, 4.69) is 27.9 Å². The number of hydrogen-bond acceptors (Lipinski definition) is 3. The molecule has 4 nitrogen and oxygen atoms in total. The zero-order valence-electron chi connectivity index (χ0n) is 11.0. The summed E-state index contributed by atoms with van der Waals surface area (Å²) in [5.41, 5.74) is 7.37. The van der Waals surface area contributed by atoms with Crippen molar-refractivity contribution in [1.82, 2.24) is 4.90 Å². The second-order valence-electron chi connectivity index (χ2n) is 4.12. The number of nitrogen functional groups attached to an aromatic ring is 1. The largest absolute Gasteiger partial charge is 0.399 e. The molecule has 0 saturated heterocycles. The van der Waals surface area contributed by atoms with E-state index in [1.807, 2.05) is 43.9 Å². The van der Waals surface area contributed by atoms with Crippen molar-refractivity contribution in [2.24, 2.45) is 0 Å². The molecule has 3 N–H and O–H groups in total. The number of nitrogens with two attached hydrogens (primary N) is 1. The average molecular weight is 361 g/mol. The van der Waals surface area contributed by atoms with Gasteiger partial charge in [-0.15, -0.1) is 0 Å². The van der Waals surface area contributed by atoms with Crippen molar-refractivity contribution < 1.29 is 4.79 Å². The molecule has 0 aromatic heterocycles. The standard InChI is InChI=1S/C13H20IN3O/c1-4-17(5-2)13(18)9(3)16-12-7-6-10(15)8-11(12)14/h6-9,16H,4-5,15H2,1-3H3. The fourth-order valence-corrected chi connectivity index (χ4v) is 2.45. The van der Waals surface area contributed by atoms with Crippen LogP contribution in [0.1, 0.15) is 20.8 Å². The van der Waals surface area contributed by atoms with Crippen molar-refractivity contribution in [3.63, 3.8) is 0 Å². The molecule has 0 fully saturated rings. The van der Waals surface area contributed by atoms with E-state index in [0.29, 0.717) is 0 Å². The highest BCUT2D eigenvalue weighted by Crippen LogP contribution is 2.21. The van der Waals surface area contributed by atoms with Crippen LogP contribution in [0.3, 0.4) is 0 Å². The summed E-state index contributed by atoms with van der Waals surface area (Å²) in [7, 11) is 0. The van der Waals surface area contributed by atoms with E-state index in [1.165, 1.54) is 0 Å². The molecule has 1 amide bonds. The molecule has 0 bridgehead atoms. The summed E-state index contributed by atoms with van der Waals surface area (Å²) >= 11 is 2.21. The lowest BCUT2D eigenvalue weighted by atomic mass is 10.2. The number of rotatable bonds is 5. The van der Waals surface area contributed by atoms with Crippen LogP contribution < -0.4 is 11.1 Å². The molecule has 1 aromatic rings. The molecule has 18 heavy (non-hydrogen) atoms. The molecule has 100 valence electrons. The lowest BCUT2D eigenvalue weighted by molar-refractivity contribution is -0.131. The molecule has 1 rings (SSSR count). The van der Waals surface area contributed by atoms with E-state index in [9.17, 15) is 4.79 Å². The smallest absolute Gasteiger partial charge is 0.244 e. The number of nitrogens with zero attached hydrogens (tertiary/aromatic N) is 1. The first kappa shape index (κ1) is 15.1. The Morgan fingerprint density at radius 1 is 1.44 bits per heavy atom. The van der Waals surface area contributed by atoms with Crippen LogP contribution in [0.2, 0.25) is 0 Å². The Kier molecular flexibility index (Phi) is 5.71. The van der Waals surface area contributed by atoms with Crippen LogP contribution in [-0.2, 0) is 4.79 Å². The third-order valence-corrected chi connectivity index (χ3v) is 3.70. The van der Waals surface area contributed by atoms with Crippen LogP contribution in [0.4, 0.5) is 11.4 Å². The van der Waals surface area contributed by atoms with Crippen LogP contribution in [0.5, 0.6) is 0 Å². The molecule has 1 atom stereocenters. The second kappa shape index (κ2) is 6.82. The van der Waals surface area contributed by atoms with Gasteiger partial charge in [0, 0.05) is 28.0 Å². The van der Waals surface area contributed by atoms with E-state index >= 15 is 0 Å². The minimum atomic E-state index is -0.234. The normalized spacial score (nSPS) is 12.0. The summed E-state index contributed by atoms with van der Waals surface area (Å²) in [6, 6.07) is 5.39. The maximum Gasteiger partial charge on any atom is 0.244 e. The predicted molar refractivity (Wildman–Crippen MR) is 84.6 cm³/mol. The van der Waals surface area contributed by atoms with Crippen LogP contribution >= 0.6 is 22.6 Å². The Bertz CT molecular complexity index is 419. The highest BCUT2D eigenvalue weighted by molar-refractivity contribution is 14.1. The molecule has 0 aliphatic heterocycles. The molecule has 0 aliphatic carbocycles. The zero-order valence-corrected chi connectivity index (χ0v) is 13.2. The van der Waals surface area contributed by atoms with Crippen molar-refractivity contribution in [1.29, 1.82) is 0 Å². The van der Waals surface area contributed by atoms with Gasteiger partial charge < -0.3 is 16.0 Å². The van der Waals surface area contributed by atoms with Crippen LogP contribution in [0.25, 0.3) is 0 Å². The van der Waals surface area contributed by atoms with E-state index in [4.69, 9.17) is 5.73 Å². The Balaban J connectivity index is 2.75. The van der Waals surface area contributed by atoms with Crippen molar-refractivity contribution in [3.05, 3.63) is 21.8 Å². The number of nitrogens with one attached hydrogen (secondary N) is 1. The maximum absolute atomic E-state index is 12.1. The van der Waals surface area contributed by atoms with Gasteiger partial charge in [0.05, 0.1) is 0 Å². The van der Waals surface area contributed by atoms with Crippen LogP contribution in [-0.4, -0.2) is 29.9 Å². The van der Waals surface area contributed by atoms with E-state index < -0.39 is 0 Å². The number of amides is 1. The molecule has 0 saturated carbocycles. The Hall–Kier alpha value is -0.980. The number of benzene rings is 1. The number of carbonyl (C=O) groups is 1. The molecule has 0 heterocycles. The van der Waals surface area contributed by atoms with Gasteiger partial charge in [-0.2, -0.15) is 0 Å². The summed E-state index contributed by atoms with van der Waals surface area (Å²) in [4.78, 5) is 13.9. The van der Waals surface area contributed by atoms with Gasteiger partial charge in [0.25, 0.3) is 0 Å². The van der Waals surface area contributed by atoms with Gasteiger partial charge >= 0.3 is 0 Å². The van der Waals surface area contributed by atoms with Crippen LogP contribution in [0.15, 0.2) is 18.2 Å². The SMILES string of the molecule is CCN(CC)C(=O)C(C)Nc1ccc(N)cc1I. The monoisotopic (exact) mass is 361 g/mol. The molecule has 0 aliphatic rings. The highest BCUT2D eigenvalue weighted by atomic mass is 127. The summed E-state index contributed by atoms with van der Waals surface area (Å²) in [5.74, 6) is 0.118. The Morgan fingerprint density at radius 2 is 2.06 bits per heavy atom. The van der Waals surface area contributed by atoms with Gasteiger partial charge in [0.1, 0.15) is 6.04 Å². The molecule has 1 unspecified atom stereocenters. The molecular formula is C13H20IN3O. The second-order valence-corrected chi connectivity index (χ2v) is 5.28. The van der Waals surface area contributed by atoms with Crippen molar-refractivity contribution >= 4 is 39.9 Å². The summed E-state index contributed by atoms with van der Waals surface area (Å²) in [5, 5.41) is 3.23. The zero-order chi connectivity index (χ0) is 13.7. The lowest BCUT2D eigenvalue weighted by Crippen LogP contribution is -2.41. The van der Waals surface area contributed by atoms with Gasteiger partial charge in [-0.05, 0) is 61.6 Å².